The number of anilines is 1. The molecule has 0 spiro atoms. The monoisotopic (exact) mass is 379 g/mol. The summed E-state index contributed by atoms with van der Waals surface area (Å²) < 4.78 is 10.7. The Morgan fingerprint density at radius 3 is 2.57 bits per heavy atom. The summed E-state index contributed by atoms with van der Waals surface area (Å²) in [4.78, 5) is 26.7. The number of morpholine rings is 1. The smallest absolute Gasteiger partial charge is 0.262 e. The minimum Gasteiger partial charge on any atom is -0.484 e. The Morgan fingerprint density at radius 1 is 1.18 bits per heavy atom. The molecule has 0 radical (unpaired) electrons. The average molecular weight is 379 g/mol. The van der Waals surface area contributed by atoms with Gasteiger partial charge in [-0.3, -0.25) is 9.59 Å². The fourth-order valence-electron chi connectivity index (χ4n) is 2.90. The lowest BCUT2D eigenvalue weighted by atomic mass is 10.0. The highest BCUT2D eigenvalue weighted by Crippen LogP contribution is 2.21. The van der Waals surface area contributed by atoms with Crippen LogP contribution in [0.3, 0.4) is 0 Å². The largest absolute Gasteiger partial charge is 0.484 e. The molecule has 7 heteroatoms. The fourth-order valence-corrected chi connectivity index (χ4v) is 2.90. The van der Waals surface area contributed by atoms with Gasteiger partial charge in [-0.1, -0.05) is 6.07 Å². The molecule has 1 aliphatic rings. The zero-order chi connectivity index (χ0) is 19.9. The minimum atomic E-state index is -0.330. The highest BCUT2D eigenvalue weighted by Gasteiger charge is 2.21. The van der Waals surface area contributed by atoms with Gasteiger partial charge in [-0.05, 0) is 48.9 Å². The van der Waals surface area contributed by atoms with Crippen LogP contribution in [0.2, 0.25) is 0 Å². The van der Waals surface area contributed by atoms with Crippen molar-refractivity contribution in [1.82, 2.24) is 4.90 Å². The molecule has 1 heterocycles. The van der Waals surface area contributed by atoms with E-state index in [1.54, 1.807) is 47.4 Å². The second-order valence-electron chi connectivity index (χ2n) is 6.36. The Balaban J connectivity index is 1.62. The first-order valence-electron chi connectivity index (χ1n) is 8.98. The molecule has 0 unspecified atom stereocenters. The number of nitrogens with zero attached hydrogens (tertiary/aromatic N) is 2. The van der Waals surface area contributed by atoms with Crippen LogP contribution in [0.15, 0.2) is 42.5 Å². The van der Waals surface area contributed by atoms with Crippen LogP contribution in [-0.4, -0.2) is 49.6 Å². The number of carbonyl (C=O) groups is 2. The van der Waals surface area contributed by atoms with E-state index in [9.17, 15) is 9.59 Å². The van der Waals surface area contributed by atoms with E-state index in [0.29, 0.717) is 54.4 Å². The molecule has 0 aliphatic carbocycles. The van der Waals surface area contributed by atoms with Gasteiger partial charge < -0.3 is 19.7 Å². The van der Waals surface area contributed by atoms with Crippen molar-refractivity contribution in [1.29, 1.82) is 5.26 Å². The van der Waals surface area contributed by atoms with Gasteiger partial charge in [0.25, 0.3) is 11.8 Å². The van der Waals surface area contributed by atoms with Crippen molar-refractivity contribution in [3.63, 3.8) is 0 Å². The Morgan fingerprint density at radius 2 is 1.89 bits per heavy atom. The molecule has 1 fully saturated rings. The topological polar surface area (TPSA) is 91.7 Å². The van der Waals surface area contributed by atoms with E-state index in [2.05, 4.69) is 5.32 Å². The number of hydrogen-bond donors (Lipinski definition) is 1. The summed E-state index contributed by atoms with van der Waals surface area (Å²) in [6.45, 7) is 3.83. The highest BCUT2D eigenvalue weighted by atomic mass is 16.5. The number of hydrogen-bond acceptors (Lipinski definition) is 5. The van der Waals surface area contributed by atoms with E-state index < -0.39 is 0 Å². The first kappa shape index (κ1) is 19.4. The number of amides is 2. The van der Waals surface area contributed by atoms with Crippen LogP contribution in [0, 0.1) is 18.3 Å². The molecule has 0 bridgehead atoms. The standard InChI is InChI=1S/C21H21N3O4/c1-15-18(21(26)24-9-11-27-12-10-24)3-2-4-19(15)23-20(25)14-28-17-7-5-16(13-22)6-8-17/h2-8H,9-12,14H2,1H3,(H,23,25). The minimum absolute atomic E-state index is 0.0641. The summed E-state index contributed by atoms with van der Waals surface area (Å²) in [7, 11) is 0. The van der Waals surface area contributed by atoms with E-state index in [1.165, 1.54) is 0 Å². The predicted molar refractivity (Wildman–Crippen MR) is 103 cm³/mol. The molecule has 2 aromatic rings. The zero-order valence-corrected chi connectivity index (χ0v) is 15.6. The molecule has 0 saturated carbocycles. The van der Waals surface area contributed by atoms with Crippen molar-refractivity contribution in [2.24, 2.45) is 0 Å². The van der Waals surface area contributed by atoms with Crippen molar-refractivity contribution >= 4 is 17.5 Å². The molecular formula is C21H21N3O4. The molecule has 144 valence electrons. The normalized spacial score (nSPS) is 13.5. The fraction of sp³-hybridized carbons (Fsp3) is 0.286. The Bertz CT molecular complexity index is 897. The van der Waals surface area contributed by atoms with Crippen LogP contribution >= 0.6 is 0 Å². The maximum atomic E-state index is 12.7. The second kappa shape index (κ2) is 9.02. The third-order valence-electron chi connectivity index (χ3n) is 4.49. The van der Waals surface area contributed by atoms with Crippen LogP contribution in [0.5, 0.6) is 5.75 Å². The van der Waals surface area contributed by atoms with Gasteiger partial charge in [0.15, 0.2) is 6.61 Å². The van der Waals surface area contributed by atoms with Gasteiger partial charge >= 0.3 is 0 Å². The van der Waals surface area contributed by atoms with Gasteiger partial charge in [0.2, 0.25) is 0 Å². The van der Waals surface area contributed by atoms with Gasteiger partial charge in [0.05, 0.1) is 24.8 Å². The van der Waals surface area contributed by atoms with E-state index in [4.69, 9.17) is 14.7 Å². The highest BCUT2D eigenvalue weighted by molar-refractivity contribution is 5.99. The molecule has 1 N–H and O–H groups in total. The number of nitrogens with one attached hydrogen (secondary N) is 1. The van der Waals surface area contributed by atoms with E-state index in [-0.39, 0.29) is 18.4 Å². The molecule has 0 atom stereocenters. The lowest BCUT2D eigenvalue weighted by molar-refractivity contribution is -0.118. The van der Waals surface area contributed by atoms with Gasteiger partial charge in [-0.25, -0.2) is 0 Å². The second-order valence-corrected chi connectivity index (χ2v) is 6.36. The third kappa shape index (κ3) is 4.67. The Labute approximate surface area is 163 Å². The summed E-state index contributed by atoms with van der Waals surface area (Å²) in [5.74, 6) is 0.108. The van der Waals surface area contributed by atoms with Crippen LogP contribution in [0.4, 0.5) is 5.69 Å². The number of benzene rings is 2. The maximum absolute atomic E-state index is 12.7. The Hall–Kier alpha value is -3.37. The van der Waals surface area contributed by atoms with Gasteiger partial charge in [0, 0.05) is 24.3 Å². The number of rotatable bonds is 5. The van der Waals surface area contributed by atoms with E-state index in [0.717, 1.165) is 0 Å². The molecular weight excluding hydrogens is 358 g/mol. The van der Waals surface area contributed by atoms with Crippen molar-refractivity contribution in [3.8, 4) is 11.8 Å². The van der Waals surface area contributed by atoms with Gasteiger partial charge in [-0.15, -0.1) is 0 Å². The summed E-state index contributed by atoms with van der Waals surface area (Å²) in [5, 5.41) is 11.6. The Kier molecular flexibility index (Phi) is 6.25. The molecule has 28 heavy (non-hydrogen) atoms. The van der Waals surface area contributed by atoms with Crippen molar-refractivity contribution in [2.45, 2.75) is 6.92 Å². The maximum Gasteiger partial charge on any atom is 0.262 e. The first-order valence-corrected chi connectivity index (χ1v) is 8.98. The van der Waals surface area contributed by atoms with Gasteiger partial charge in [0.1, 0.15) is 5.75 Å². The lowest BCUT2D eigenvalue weighted by Crippen LogP contribution is -2.41. The molecule has 3 rings (SSSR count). The third-order valence-corrected chi connectivity index (χ3v) is 4.49. The molecule has 2 amide bonds. The van der Waals surface area contributed by atoms with Crippen LogP contribution in [-0.2, 0) is 9.53 Å². The van der Waals surface area contributed by atoms with Crippen LogP contribution < -0.4 is 10.1 Å². The lowest BCUT2D eigenvalue weighted by Gasteiger charge is -2.27. The van der Waals surface area contributed by atoms with Crippen molar-refractivity contribution in [2.75, 3.05) is 38.2 Å². The summed E-state index contributed by atoms with van der Waals surface area (Å²) in [5.41, 5.74) is 2.38. The van der Waals surface area contributed by atoms with Crippen LogP contribution in [0.1, 0.15) is 21.5 Å². The van der Waals surface area contributed by atoms with E-state index in [1.807, 2.05) is 13.0 Å². The SMILES string of the molecule is Cc1c(NC(=O)COc2ccc(C#N)cc2)cccc1C(=O)N1CCOCC1. The van der Waals surface area contributed by atoms with E-state index >= 15 is 0 Å². The predicted octanol–water partition coefficient (Wildman–Crippen LogP) is 2.36. The van der Waals surface area contributed by atoms with Crippen molar-refractivity contribution in [3.05, 3.63) is 59.2 Å². The molecule has 0 aromatic heterocycles. The number of nitriles is 1. The summed E-state index contributed by atoms with van der Waals surface area (Å²) in [6, 6.07) is 13.8. The molecule has 2 aromatic carbocycles. The van der Waals surface area contributed by atoms with Gasteiger partial charge in [-0.2, -0.15) is 5.26 Å². The summed E-state index contributed by atoms with van der Waals surface area (Å²) >= 11 is 0. The first-order chi connectivity index (χ1) is 13.6. The zero-order valence-electron chi connectivity index (χ0n) is 15.6. The molecule has 1 saturated heterocycles. The van der Waals surface area contributed by atoms with Crippen molar-refractivity contribution < 1.29 is 19.1 Å². The summed E-state index contributed by atoms with van der Waals surface area (Å²) in [6.07, 6.45) is 0. The average Bonchev–Trinajstić information content (AvgIpc) is 2.74. The number of ether oxygens (including phenoxy) is 2. The molecule has 1 aliphatic heterocycles. The molecule has 7 nitrogen and oxygen atoms in total. The number of carbonyl (C=O) groups excluding carboxylic acids is 2. The van der Waals surface area contributed by atoms with Crippen LogP contribution in [0.25, 0.3) is 0 Å². The quantitative estimate of drug-likeness (QED) is 0.861.